The minimum atomic E-state index is -0.883. The van der Waals surface area contributed by atoms with Crippen molar-refractivity contribution in [1.29, 1.82) is 0 Å². The largest absolute Gasteiger partial charge is 0.481 e. The van der Waals surface area contributed by atoms with E-state index in [1.54, 1.807) is 6.92 Å². The maximum Gasteiger partial charge on any atom is 0.305 e. The summed E-state index contributed by atoms with van der Waals surface area (Å²) in [6, 6.07) is 0. The molecule has 0 spiro atoms. The van der Waals surface area contributed by atoms with Crippen LogP contribution in [0.3, 0.4) is 0 Å². The first-order valence-electron chi connectivity index (χ1n) is 7.44. The molecule has 0 bridgehead atoms. The quantitative estimate of drug-likeness (QED) is 0.752. The maximum absolute atomic E-state index is 12.1. The summed E-state index contributed by atoms with van der Waals surface area (Å²) in [6.45, 7) is 7.24. The Kier molecular flexibility index (Phi) is 6.46. The van der Waals surface area contributed by atoms with Crippen molar-refractivity contribution in [3.05, 3.63) is 0 Å². The van der Waals surface area contributed by atoms with Crippen molar-refractivity contribution in [2.45, 2.75) is 58.4 Å². The summed E-state index contributed by atoms with van der Waals surface area (Å²) in [7, 11) is 0. The molecule has 0 saturated carbocycles. The van der Waals surface area contributed by atoms with Crippen molar-refractivity contribution in [1.82, 2.24) is 5.32 Å². The molecule has 1 rings (SSSR count). The van der Waals surface area contributed by atoms with Crippen LogP contribution in [-0.2, 0) is 14.3 Å². The maximum atomic E-state index is 12.1. The van der Waals surface area contributed by atoms with Crippen molar-refractivity contribution >= 4 is 11.9 Å². The topological polar surface area (TPSA) is 75.6 Å². The third-order valence-corrected chi connectivity index (χ3v) is 4.34. The van der Waals surface area contributed by atoms with Crippen molar-refractivity contribution in [3.63, 3.8) is 0 Å². The van der Waals surface area contributed by atoms with Crippen LogP contribution in [0.1, 0.15) is 52.9 Å². The summed E-state index contributed by atoms with van der Waals surface area (Å²) < 4.78 is 5.30. The molecule has 1 amide bonds. The van der Waals surface area contributed by atoms with Crippen LogP contribution in [0.4, 0.5) is 0 Å². The van der Waals surface area contributed by atoms with E-state index in [2.05, 4.69) is 5.32 Å². The van der Waals surface area contributed by atoms with Crippen molar-refractivity contribution in [2.24, 2.45) is 11.8 Å². The molecule has 2 N–H and O–H groups in total. The molecule has 0 radical (unpaired) electrons. The highest BCUT2D eigenvalue weighted by Gasteiger charge is 2.32. The minimum absolute atomic E-state index is 0.0473. The third kappa shape index (κ3) is 5.49. The van der Waals surface area contributed by atoms with Gasteiger partial charge in [-0.25, -0.2) is 0 Å². The normalized spacial score (nSPS) is 19.6. The lowest BCUT2D eigenvalue weighted by atomic mass is 9.85. The molecule has 0 aromatic rings. The molecule has 5 nitrogen and oxygen atoms in total. The van der Waals surface area contributed by atoms with Gasteiger partial charge in [0.05, 0.1) is 6.42 Å². The van der Waals surface area contributed by atoms with Gasteiger partial charge in [-0.3, -0.25) is 9.59 Å². The van der Waals surface area contributed by atoms with E-state index in [0.717, 1.165) is 32.5 Å². The first-order valence-corrected chi connectivity index (χ1v) is 7.44. The lowest BCUT2D eigenvalue weighted by Gasteiger charge is -2.33. The van der Waals surface area contributed by atoms with E-state index < -0.39 is 11.5 Å². The summed E-state index contributed by atoms with van der Waals surface area (Å²) in [6.07, 6.45) is 3.31. The molecular formula is C15H27NO4. The lowest BCUT2D eigenvalue weighted by Crippen LogP contribution is -2.51. The number of aliphatic carboxylic acids is 1. The number of amides is 1. The number of carboxylic acids is 1. The highest BCUT2D eigenvalue weighted by molar-refractivity contribution is 5.78. The van der Waals surface area contributed by atoms with Crippen LogP contribution in [0.2, 0.25) is 0 Å². The Morgan fingerprint density at radius 2 is 1.95 bits per heavy atom. The SMILES string of the molecule is CC(C)C(C)(CC(=O)O)NC(=O)CCC1CCOCC1. The Bertz CT molecular complexity index is 337. The van der Waals surface area contributed by atoms with Crippen LogP contribution in [-0.4, -0.2) is 35.7 Å². The predicted octanol–water partition coefficient (Wildman–Crippen LogP) is 2.20. The Morgan fingerprint density at radius 3 is 2.45 bits per heavy atom. The van der Waals surface area contributed by atoms with Crippen molar-refractivity contribution < 1.29 is 19.4 Å². The molecule has 1 aliphatic rings. The Morgan fingerprint density at radius 1 is 1.35 bits per heavy atom. The fraction of sp³-hybridized carbons (Fsp3) is 0.867. The molecule has 1 unspecified atom stereocenters. The van der Waals surface area contributed by atoms with Gasteiger partial charge in [0.25, 0.3) is 0 Å². The number of hydrogen-bond acceptors (Lipinski definition) is 3. The third-order valence-electron chi connectivity index (χ3n) is 4.34. The minimum Gasteiger partial charge on any atom is -0.481 e. The molecule has 20 heavy (non-hydrogen) atoms. The summed E-state index contributed by atoms with van der Waals surface area (Å²) in [5.41, 5.74) is -0.682. The average Bonchev–Trinajstić information content (AvgIpc) is 2.36. The smallest absolute Gasteiger partial charge is 0.305 e. The van der Waals surface area contributed by atoms with Gasteiger partial charge in [-0.15, -0.1) is 0 Å². The van der Waals surface area contributed by atoms with E-state index in [0.29, 0.717) is 12.3 Å². The monoisotopic (exact) mass is 285 g/mol. The summed E-state index contributed by atoms with van der Waals surface area (Å²) in [4.78, 5) is 23.0. The molecule has 1 fully saturated rings. The summed E-state index contributed by atoms with van der Waals surface area (Å²) in [5.74, 6) is -0.301. The number of carbonyl (C=O) groups is 2. The molecule has 1 aliphatic heterocycles. The van der Waals surface area contributed by atoms with Crippen LogP contribution in [0.25, 0.3) is 0 Å². The van der Waals surface area contributed by atoms with E-state index in [-0.39, 0.29) is 18.2 Å². The molecular weight excluding hydrogens is 258 g/mol. The molecule has 0 aliphatic carbocycles. The second-order valence-electron chi connectivity index (χ2n) is 6.29. The van der Waals surface area contributed by atoms with E-state index >= 15 is 0 Å². The van der Waals surface area contributed by atoms with Gasteiger partial charge in [0.15, 0.2) is 0 Å². The molecule has 0 aromatic carbocycles. The Balaban J connectivity index is 2.43. The molecule has 1 atom stereocenters. The van der Waals surface area contributed by atoms with Crippen molar-refractivity contribution in [2.75, 3.05) is 13.2 Å². The first kappa shape index (κ1) is 17.0. The number of rotatable bonds is 7. The first-order chi connectivity index (χ1) is 9.33. The predicted molar refractivity (Wildman–Crippen MR) is 76.4 cm³/mol. The Labute approximate surface area is 121 Å². The summed E-state index contributed by atoms with van der Waals surface area (Å²) >= 11 is 0. The standard InChI is InChI=1S/C15H27NO4/c1-11(2)15(3,10-14(18)19)16-13(17)5-4-12-6-8-20-9-7-12/h11-12H,4-10H2,1-3H3,(H,16,17)(H,18,19). The number of nitrogens with one attached hydrogen (secondary N) is 1. The fourth-order valence-corrected chi connectivity index (χ4v) is 2.46. The van der Waals surface area contributed by atoms with Gasteiger partial charge in [0.2, 0.25) is 5.91 Å². The van der Waals surface area contributed by atoms with Gasteiger partial charge in [0.1, 0.15) is 0 Å². The molecule has 116 valence electrons. The zero-order chi connectivity index (χ0) is 15.2. The van der Waals surface area contributed by atoms with E-state index in [4.69, 9.17) is 9.84 Å². The fourth-order valence-electron chi connectivity index (χ4n) is 2.46. The van der Waals surface area contributed by atoms with Crippen LogP contribution in [0, 0.1) is 11.8 Å². The number of carbonyl (C=O) groups excluding carboxylic acids is 1. The lowest BCUT2D eigenvalue weighted by molar-refractivity contribution is -0.139. The van der Waals surface area contributed by atoms with Gasteiger partial charge in [-0.1, -0.05) is 13.8 Å². The zero-order valence-electron chi connectivity index (χ0n) is 12.8. The number of hydrogen-bond donors (Lipinski definition) is 2. The van der Waals surface area contributed by atoms with Gasteiger partial charge in [-0.2, -0.15) is 0 Å². The van der Waals surface area contributed by atoms with Crippen molar-refractivity contribution in [3.8, 4) is 0 Å². The van der Waals surface area contributed by atoms with Crippen LogP contribution in [0.15, 0.2) is 0 Å². The second-order valence-corrected chi connectivity index (χ2v) is 6.29. The molecule has 5 heteroatoms. The van der Waals surface area contributed by atoms with E-state index in [1.165, 1.54) is 0 Å². The van der Waals surface area contributed by atoms with Crippen LogP contribution < -0.4 is 5.32 Å². The van der Waals surface area contributed by atoms with Crippen LogP contribution >= 0.6 is 0 Å². The van der Waals surface area contributed by atoms with Gasteiger partial charge >= 0.3 is 5.97 Å². The zero-order valence-corrected chi connectivity index (χ0v) is 12.8. The molecule has 1 heterocycles. The molecule has 1 saturated heterocycles. The number of carboxylic acid groups (broad SMARTS) is 1. The van der Waals surface area contributed by atoms with Gasteiger partial charge in [0, 0.05) is 25.2 Å². The highest BCUT2D eigenvalue weighted by Crippen LogP contribution is 2.23. The van der Waals surface area contributed by atoms with Crippen LogP contribution in [0.5, 0.6) is 0 Å². The van der Waals surface area contributed by atoms with E-state index in [9.17, 15) is 9.59 Å². The molecule has 0 aromatic heterocycles. The summed E-state index contributed by atoms with van der Waals surface area (Å²) in [5, 5.41) is 11.9. The van der Waals surface area contributed by atoms with Gasteiger partial charge < -0.3 is 15.2 Å². The number of ether oxygens (including phenoxy) is 1. The highest BCUT2D eigenvalue weighted by atomic mass is 16.5. The Hall–Kier alpha value is -1.10. The van der Waals surface area contributed by atoms with E-state index in [1.807, 2.05) is 13.8 Å². The average molecular weight is 285 g/mol. The van der Waals surface area contributed by atoms with Gasteiger partial charge in [-0.05, 0) is 38.0 Å². The second kappa shape index (κ2) is 7.62.